The van der Waals surface area contributed by atoms with E-state index in [4.69, 9.17) is 5.11 Å². The minimum Gasteiger partial charge on any atom is -0.507 e. The van der Waals surface area contributed by atoms with E-state index in [1.54, 1.807) is 13.0 Å². The van der Waals surface area contributed by atoms with E-state index in [2.05, 4.69) is 0 Å². The van der Waals surface area contributed by atoms with Crippen LogP contribution in [0, 0.1) is 0 Å². The number of ketones is 1. The molecule has 0 atom stereocenters. The molecule has 2 aliphatic carbocycles. The van der Waals surface area contributed by atoms with Gasteiger partial charge in [0.1, 0.15) is 5.75 Å². The van der Waals surface area contributed by atoms with Crippen LogP contribution < -0.4 is 0 Å². The van der Waals surface area contributed by atoms with Crippen molar-refractivity contribution in [3.63, 3.8) is 0 Å². The van der Waals surface area contributed by atoms with E-state index in [1.807, 2.05) is 42.5 Å². The number of hydrogen-bond donors (Lipinski definition) is 1. The van der Waals surface area contributed by atoms with E-state index >= 15 is 0 Å². The Kier molecular flexibility index (Phi) is 2.73. The van der Waals surface area contributed by atoms with Crippen LogP contribution >= 0.6 is 0 Å². The lowest BCUT2D eigenvalue weighted by Gasteiger charge is -1.89. The molecule has 0 fully saturated rings. The molecule has 0 spiro atoms. The molecule has 2 nitrogen and oxygen atoms in total. The summed E-state index contributed by atoms with van der Waals surface area (Å²) in [7, 11) is 0. The monoisotopic (exact) mass is 212 g/mol. The van der Waals surface area contributed by atoms with Crippen LogP contribution in [0.25, 0.3) is 11.1 Å². The number of hydrogen-bond acceptors (Lipinski definition) is 2. The zero-order valence-corrected chi connectivity index (χ0v) is 8.97. The summed E-state index contributed by atoms with van der Waals surface area (Å²) < 4.78 is 0. The molecule has 1 N–H and O–H groups in total. The molecule has 2 aliphatic rings. The van der Waals surface area contributed by atoms with Crippen LogP contribution in [-0.2, 0) is 0 Å². The third-order valence-corrected chi connectivity index (χ3v) is 2.40. The van der Waals surface area contributed by atoms with E-state index in [1.165, 1.54) is 5.56 Å². The highest BCUT2D eigenvalue weighted by Gasteiger charge is 2.15. The minimum absolute atomic E-state index is 0.121. The number of carbonyl (C=O) groups is 1. The number of fused-ring (bicyclic) bond motifs is 1. The molecule has 2 heteroatoms. The first-order valence-electron chi connectivity index (χ1n) is 5.08. The molecule has 0 aliphatic heterocycles. The minimum atomic E-state index is 0.121. The molecule has 0 radical (unpaired) electrons. The van der Waals surface area contributed by atoms with Crippen molar-refractivity contribution in [2.24, 2.45) is 0 Å². The molecule has 80 valence electrons. The summed E-state index contributed by atoms with van der Waals surface area (Å²) in [6, 6.07) is 14.8. The van der Waals surface area contributed by atoms with E-state index in [-0.39, 0.29) is 5.78 Å². The second kappa shape index (κ2) is 4.19. The van der Waals surface area contributed by atoms with Gasteiger partial charge < -0.3 is 5.11 Å². The molecule has 16 heavy (non-hydrogen) atoms. The van der Waals surface area contributed by atoms with Crippen LogP contribution in [0.1, 0.15) is 17.3 Å². The lowest BCUT2D eigenvalue weighted by molar-refractivity contribution is 0.101. The smallest absolute Gasteiger partial charge is 0.159 e. The van der Waals surface area contributed by atoms with Crippen molar-refractivity contribution in [3.8, 4) is 16.9 Å². The van der Waals surface area contributed by atoms with Crippen molar-refractivity contribution in [1.29, 1.82) is 0 Å². The molecule has 0 unspecified atom stereocenters. The maximum absolute atomic E-state index is 10.6. The van der Waals surface area contributed by atoms with Gasteiger partial charge in [-0.2, -0.15) is 0 Å². The van der Waals surface area contributed by atoms with E-state index in [0.717, 1.165) is 11.1 Å². The SMILES string of the molecule is CC(=O)c1ccccc1.Oc1ccc2cc1-2. The highest BCUT2D eigenvalue weighted by Crippen LogP contribution is 2.42. The normalized spacial score (nSPS) is 10.1. The molecular formula is C14H12O2. The van der Waals surface area contributed by atoms with Crippen molar-refractivity contribution >= 4 is 5.78 Å². The van der Waals surface area contributed by atoms with Crippen molar-refractivity contribution in [1.82, 2.24) is 0 Å². The summed E-state index contributed by atoms with van der Waals surface area (Å²) in [5.74, 6) is 0.547. The molecule has 1 aromatic carbocycles. The number of rotatable bonds is 1. The lowest BCUT2D eigenvalue weighted by Crippen LogP contribution is -1.88. The highest BCUT2D eigenvalue weighted by atomic mass is 16.3. The molecule has 0 saturated carbocycles. The Bertz CT molecular complexity index is 516. The van der Waals surface area contributed by atoms with E-state index in [0.29, 0.717) is 5.75 Å². The van der Waals surface area contributed by atoms with Crippen molar-refractivity contribution in [2.45, 2.75) is 6.92 Å². The fraction of sp³-hybridized carbons (Fsp3) is 0.0714. The van der Waals surface area contributed by atoms with Gasteiger partial charge in [0.05, 0.1) is 0 Å². The maximum Gasteiger partial charge on any atom is 0.159 e. The van der Waals surface area contributed by atoms with Gasteiger partial charge in [0.25, 0.3) is 0 Å². The lowest BCUT2D eigenvalue weighted by atomic mass is 10.2. The molecule has 0 bridgehead atoms. The molecule has 0 saturated heterocycles. The van der Waals surface area contributed by atoms with E-state index < -0.39 is 0 Å². The fourth-order valence-electron chi connectivity index (χ4n) is 1.41. The van der Waals surface area contributed by atoms with Gasteiger partial charge in [-0.25, -0.2) is 0 Å². The average Bonchev–Trinajstić information content (AvgIpc) is 3.00. The van der Waals surface area contributed by atoms with Gasteiger partial charge in [0, 0.05) is 11.1 Å². The molecule has 1 aromatic rings. The summed E-state index contributed by atoms with van der Waals surface area (Å²) in [6.45, 7) is 1.56. The summed E-state index contributed by atoms with van der Waals surface area (Å²) in [6.07, 6.45) is 0. The van der Waals surface area contributed by atoms with Gasteiger partial charge in [-0.15, -0.1) is 0 Å². The number of benzene rings is 2. The number of Topliss-reactive ketones (excluding diaryl/α,β-unsaturated/α-hetero) is 1. The molecule has 0 amide bonds. The van der Waals surface area contributed by atoms with Crippen molar-refractivity contribution in [3.05, 3.63) is 54.1 Å². The Morgan fingerprint density at radius 1 is 1.06 bits per heavy atom. The summed E-state index contributed by atoms with van der Waals surface area (Å²) in [5.41, 5.74) is 3.00. The number of phenols is 1. The highest BCUT2D eigenvalue weighted by molar-refractivity contribution is 5.93. The van der Waals surface area contributed by atoms with Crippen LogP contribution in [0.15, 0.2) is 48.5 Å². The standard InChI is InChI=1S/C8H8O.C6H4O/c1-7(9)8-5-3-2-4-6-8;7-6-2-1-4-3-5(4)6/h2-6H,1H3;1-3,7H. The fourth-order valence-corrected chi connectivity index (χ4v) is 1.41. The largest absolute Gasteiger partial charge is 0.507 e. The van der Waals surface area contributed by atoms with Crippen LogP contribution in [0.5, 0.6) is 5.75 Å². The molecule has 3 rings (SSSR count). The molecule has 0 heterocycles. The molecular weight excluding hydrogens is 200 g/mol. The van der Waals surface area contributed by atoms with Crippen LogP contribution in [0.2, 0.25) is 0 Å². The van der Waals surface area contributed by atoms with Crippen molar-refractivity contribution < 1.29 is 9.90 Å². The van der Waals surface area contributed by atoms with Crippen LogP contribution in [-0.4, -0.2) is 10.9 Å². The first-order valence-corrected chi connectivity index (χ1v) is 5.08. The zero-order valence-electron chi connectivity index (χ0n) is 8.97. The van der Waals surface area contributed by atoms with Gasteiger partial charge in [-0.1, -0.05) is 36.4 Å². The predicted molar refractivity (Wildman–Crippen MR) is 63.5 cm³/mol. The topological polar surface area (TPSA) is 37.3 Å². The first kappa shape index (κ1) is 10.4. The van der Waals surface area contributed by atoms with Crippen molar-refractivity contribution in [2.75, 3.05) is 0 Å². The number of carbonyl (C=O) groups excluding carboxylic acids is 1. The first-order chi connectivity index (χ1) is 7.68. The average molecular weight is 212 g/mol. The Balaban J connectivity index is 0.000000123. The van der Waals surface area contributed by atoms with Gasteiger partial charge in [0.15, 0.2) is 5.78 Å². The van der Waals surface area contributed by atoms with Gasteiger partial charge >= 0.3 is 0 Å². The van der Waals surface area contributed by atoms with Gasteiger partial charge in [-0.05, 0) is 24.6 Å². The molecule has 0 aromatic heterocycles. The summed E-state index contributed by atoms with van der Waals surface area (Å²) in [5, 5.41) is 8.78. The van der Waals surface area contributed by atoms with Gasteiger partial charge in [-0.3, -0.25) is 4.79 Å². The third-order valence-electron chi connectivity index (χ3n) is 2.40. The van der Waals surface area contributed by atoms with E-state index in [9.17, 15) is 4.79 Å². The maximum atomic E-state index is 10.6. The van der Waals surface area contributed by atoms with Crippen LogP contribution in [0.4, 0.5) is 0 Å². The summed E-state index contributed by atoms with van der Waals surface area (Å²) >= 11 is 0. The Labute approximate surface area is 94.2 Å². The Morgan fingerprint density at radius 2 is 1.75 bits per heavy atom. The van der Waals surface area contributed by atoms with Gasteiger partial charge in [0.2, 0.25) is 0 Å². The number of phenolic OH excluding ortho intramolecular Hbond substituents is 1. The Morgan fingerprint density at radius 3 is 2.00 bits per heavy atom. The third kappa shape index (κ3) is 2.28. The second-order valence-electron chi connectivity index (χ2n) is 3.65. The Hall–Kier alpha value is -2.09. The summed E-state index contributed by atoms with van der Waals surface area (Å²) in [4.78, 5) is 10.6. The predicted octanol–water partition coefficient (Wildman–Crippen LogP) is 3.26. The second-order valence-corrected chi connectivity index (χ2v) is 3.65. The number of aromatic hydroxyl groups is 1. The van der Waals surface area contributed by atoms with Crippen LogP contribution in [0.3, 0.4) is 0 Å². The zero-order chi connectivity index (χ0) is 11.5. The quantitative estimate of drug-likeness (QED) is 0.628.